The number of carbonyl (C=O) groups is 1. The van der Waals surface area contributed by atoms with Gasteiger partial charge in [-0.25, -0.2) is 0 Å². The molecule has 1 heterocycles. The summed E-state index contributed by atoms with van der Waals surface area (Å²) in [6.07, 6.45) is 0.375. The monoisotopic (exact) mass is 264 g/mol. The van der Waals surface area contributed by atoms with E-state index in [1.54, 1.807) is 0 Å². The fourth-order valence-electron chi connectivity index (χ4n) is 1.93. The zero-order valence-corrected chi connectivity index (χ0v) is 11.2. The molecule has 1 aliphatic heterocycles. The van der Waals surface area contributed by atoms with Gasteiger partial charge in [0.25, 0.3) is 0 Å². The van der Waals surface area contributed by atoms with Gasteiger partial charge in [0.2, 0.25) is 5.91 Å². The lowest BCUT2D eigenvalue weighted by Crippen LogP contribution is -2.16. The highest BCUT2D eigenvalue weighted by molar-refractivity contribution is 5.90. The number of benzene rings is 1. The van der Waals surface area contributed by atoms with Crippen molar-refractivity contribution in [1.29, 1.82) is 0 Å². The third-order valence-electron chi connectivity index (χ3n) is 2.87. The third kappa shape index (κ3) is 4.22. The summed E-state index contributed by atoms with van der Waals surface area (Å²) in [5.74, 6) is 0.855. The van der Waals surface area contributed by atoms with E-state index >= 15 is 0 Å². The predicted octanol–water partition coefficient (Wildman–Crippen LogP) is 1.53. The Morgan fingerprint density at radius 2 is 2.42 bits per heavy atom. The van der Waals surface area contributed by atoms with Gasteiger partial charge >= 0.3 is 0 Å². The molecule has 0 aromatic heterocycles. The molecular weight excluding hydrogens is 244 g/mol. The Hall–Kier alpha value is -1.59. The highest BCUT2D eigenvalue weighted by atomic mass is 16.5. The molecule has 1 aromatic rings. The van der Waals surface area contributed by atoms with E-state index in [4.69, 9.17) is 9.47 Å². The highest BCUT2D eigenvalue weighted by Gasteiger charge is 2.10. The van der Waals surface area contributed by atoms with Gasteiger partial charge in [0.15, 0.2) is 0 Å². The number of hydrogen-bond donors (Lipinski definition) is 2. The quantitative estimate of drug-likeness (QED) is 0.792. The van der Waals surface area contributed by atoms with Crippen LogP contribution in [0, 0.1) is 0 Å². The van der Waals surface area contributed by atoms with Crippen LogP contribution in [-0.4, -0.2) is 32.3 Å². The minimum atomic E-state index is -0.0316. The Morgan fingerprint density at radius 1 is 1.53 bits per heavy atom. The number of amides is 1. The lowest BCUT2D eigenvalue weighted by Gasteiger charge is -2.10. The van der Waals surface area contributed by atoms with Gasteiger partial charge in [0.1, 0.15) is 12.4 Å². The minimum Gasteiger partial charge on any atom is -0.492 e. The zero-order valence-electron chi connectivity index (χ0n) is 11.2. The number of hydrogen-bond acceptors (Lipinski definition) is 4. The van der Waals surface area contributed by atoms with Gasteiger partial charge < -0.3 is 20.1 Å². The molecule has 0 saturated heterocycles. The molecule has 5 nitrogen and oxygen atoms in total. The molecule has 0 bridgehead atoms. The topological polar surface area (TPSA) is 59.6 Å². The Labute approximate surface area is 113 Å². The fraction of sp³-hybridized carbons (Fsp3) is 0.500. The molecule has 5 heteroatoms. The molecule has 2 rings (SSSR count). The summed E-state index contributed by atoms with van der Waals surface area (Å²) in [7, 11) is 0. The smallest absolute Gasteiger partial charge is 0.226 e. The fourth-order valence-corrected chi connectivity index (χ4v) is 1.93. The number of rotatable bonds is 5. The number of carbonyl (C=O) groups excluding carboxylic acids is 1. The molecule has 0 radical (unpaired) electrons. The molecule has 19 heavy (non-hydrogen) atoms. The summed E-state index contributed by atoms with van der Waals surface area (Å²) < 4.78 is 10.8. The van der Waals surface area contributed by atoms with Crippen LogP contribution in [0.5, 0.6) is 5.75 Å². The summed E-state index contributed by atoms with van der Waals surface area (Å²) in [5.41, 5.74) is 1.87. The molecule has 0 fully saturated rings. The van der Waals surface area contributed by atoms with E-state index in [1.807, 2.05) is 25.1 Å². The van der Waals surface area contributed by atoms with Gasteiger partial charge in [0.05, 0.1) is 13.0 Å². The zero-order chi connectivity index (χ0) is 13.5. The van der Waals surface area contributed by atoms with Crippen molar-refractivity contribution < 1.29 is 14.3 Å². The first kappa shape index (κ1) is 13.8. The third-order valence-corrected chi connectivity index (χ3v) is 2.87. The molecule has 1 aliphatic rings. The van der Waals surface area contributed by atoms with Crippen molar-refractivity contribution in [2.24, 2.45) is 0 Å². The summed E-state index contributed by atoms with van der Waals surface area (Å²) in [6.45, 7) is 5.28. The van der Waals surface area contributed by atoms with E-state index < -0.39 is 0 Å². The van der Waals surface area contributed by atoms with Crippen molar-refractivity contribution in [3.8, 4) is 5.75 Å². The summed E-state index contributed by atoms with van der Waals surface area (Å²) in [5, 5.41) is 6.14. The largest absolute Gasteiger partial charge is 0.492 e. The average Bonchev–Trinajstić information content (AvgIpc) is 2.63. The second-order valence-electron chi connectivity index (χ2n) is 4.34. The maximum atomic E-state index is 11.7. The van der Waals surface area contributed by atoms with Gasteiger partial charge in [-0.3, -0.25) is 4.79 Å². The van der Waals surface area contributed by atoms with Crippen molar-refractivity contribution in [2.45, 2.75) is 19.9 Å². The van der Waals surface area contributed by atoms with E-state index in [0.717, 1.165) is 30.1 Å². The van der Waals surface area contributed by atoms with E-state index in [9.17, 15) is 4.79 Å². The van der Waals surface area contributed by atoms with Crippen molar-refractivity contribution in [1.82, 2.24) is 5.32 Å². The molecule has 1 amide bonds. The van der Waals surface area contributed by atoms with Crippen molar-refractivity contribution >= 4 is 11.6 Å². The first-order valence-electron chi connectivity index (χ1n) is 6.63. The standard InChI is InChI=1S/C14H20N2O3/c1-2-18-7-5-14(17)16-12-3-4-13-11(9-12)10-15-6-8-19-13/h3-4,9,15H,2,5-8,10H2,1H3,(H,16,17). The first-order valence-corrected chi connectivity index (χ1v) is 6.63. The molecule has 1 aromatic carbocycles. The molecule has 104 valence electrons. The Bertz CT molecular complexity index is 435. The van der Waals surface area contributed by atoms with Gasteiger partial charge in [-0.1, -0.05) is 0 Å². The van der Waals surface area contributed by atoms with Crippen LogP contribution in [0.15, 0.2) is 18.2 Å². The maximum Gasteiger partial charge on any atom is 0.226 e. The van der Waals surface area contributed by atoms with E-state index in [2.05, 4.69) is 10.6 Å². The number of anilines is 1. The Balaban J connectivity index is 1.94. The summed E-state index contributed by atoms with van der Waals surface area (Å²) in [4.78, 5) is 11.7. The van der Waals surface area contributed by atoms with Gasteiger partial charge in [-0.15, -0.1) is 0 Å². The van der Waals surface area contributed by atoms with E-state index in [0.29, 0.717) is 26.2 Å². The van der Waals surface area contributed by atoms with Crippen molar-refractivity contribution in [3.63, 3.8) is 0 Å². The molecular formula is C14H20N2O3. The second-order valence-corrected chi connectivity index (χ2v) is 4.34. The lowest BCUT2D eigenvalue weighted by atomic mass is 10.1. The van der Waals surface area contributed by atoms with Crippen LogP contribution in [0.2, 0.25) is 0 Å². The lowest BCUT2D eigenvalue weighted by molar-refractivity contribution is -0.117. The molecule has 0 aliphatic carbocycles. The predicted molar refractivity (Wildman–Crippen MR) is 73.4 cm³/mol. The molecule has 2 N–H and O–H groups in total. The van der Waals surface area contributed by atoms with Crippen LogP contribution in [-0.2, 0) is 16.1 Å². The average molecular weight is 264 g/mol. The Morgan fingerprint density at radius 3 is 3.26 bits per heavy atom. The number of ether oxygens (including phenoxy) is 2. The first-order chi connectivity index (χ1) is 9.29. The van der Waals surface area contributed by atoms with E-state index in [-0.39, 0.29) is 5.91 Å². The molecule has 0 atom stereocenters. The van der Waals surface area contributed by atoms with Crippen molar-refractivity contribution in [2.75, 3.05) is 31.7 Å². The molecule has 0 saturated carbocycles. The summed E-state index contributed by atoms with van der Waals surface area (Å²) >= 11 is 0. The highest BCUT2D eigenvalue weighted by Crippen LogP contribution is 2.24. The Kier molecular flexibility index (Phi) is 5.18. The van der Waals surface area contributed by atoms with Crippen LogP contribution < -0.4 is 15.4 Å². The van der Waals surface area contributed by atoms with Crippen LogP contribution in [0.3, 0.4) is 0 Å². The van der Waals surface area contributed by atoms with Crippen LogP contribution in [0.25, 0.3) is 0 Å². The van der Waals surface area contributed by atoms with E-state index in [1.165, 1.54) is 0 Å². The summed E-state index contributed by atoms with van der Waals surface area (Å²) in [6, 6.07) is 5.72. The minimum absolute atomic E-state index is 0.0316. The molecule has 0 spiro atoms. The normalized spacial score (nSPS) is 14.2. The van der Waals surface area contributed by atoms with Crippen molar-refractivity contribution in [3.05, 3.63) is 23.8 Å². The van der Waals surface area contributed by atoms with Crippen LogP contribution in [0.1, 0.15) is 18.9 Å². The number of nitrogens with one attached hydrogen (secondary N) is 2. The van der Waals surface area contributed by atoms with Crippen LogP contribution >= 0.6 is 0 Å². The SMILES string of the molecule is CCOCCC(=O)Nc1ccc2c(c1)CNCCO2. The van der Waals surface area contributed by atoms with Gasteiger partial charge in [-0.2, -0.15) is 0 Å². The van der Waals surface area contributed by atoms with Crippen LogP contribution in [0.4, 0.5) is 5.69 Å². The van der Waals surface area contributed by atoms with Gasteiger partial charge in [0, 0.05) is 30.9 Å². The second kappa shape index (κ2) is 7.11. The number of fused-ring (bicyclic) bond motifs is 1. The molecule has 0 unspecified atom stereocenters. The maximum absolute atomic E-state index is 11.7. The van der Waals surface area contributed by atoms with Gasteiger partial charge in [-0.05, 0) is 25.1 Å².